The summed E-state index contributed by atoms with van der Waals surface area (Å²) in [6, 6.07) is 1.05. The minimum atomic E-state index is -1.53. The Kier molecular flexibility index (Phi) is 7.70. The van der Waals surface area contributed by atoms with Gasteiger partial charge in [0.25, 0.3) is 0 Å². The zero-order valence-corrected chi connectivity index (χ0v) is 10.3. The first-order valence-corrected chi connectivity index (χ1v) is 8.45. The lowest BCUT2D eigenvalue weighted by Crippen LogP contribution is -2.42. The van der Waals surface area contributed by atoms with E-state index in [0.29, 0.717) is 22.4 Å². The summed E-state index contributed by atoms with van der Waals surface area (Å²) in [7, 11) is -1.53. The van der Waals surface area contributed by atoms with Crippen molar-refractivity contribution in [1.82, 2.24) is 0 Å². The Morgan fingerprint density at radius 2 is 1.27 bits per heavy atom. The highest BCUT2D eigenvalue weighted by Gasteiger charge is 2.29. The summed E-state index contributed by atoms with van der Waals surface area (Å²) >= 11 is 23.0. The Morgan fingerprint density at radius 3 is 1.55 bits per heavy atom. The first kappa shape index (κ1) is 12.4. The number of alkyl halides is 4. The summed E-state index contributed by atoms with van der Waals surface area (Å²) < 4.78 is 0. The second-order valence-corrected chi connectivity index (χ2v) is 9.78. The fourth-order valence-electron chi connectivity index (χ4n) is 0.749. The van der Waals surface area contributed by atoms with Gasteiger partial charge >= 0.3 is 0 Å². The van der Waals surface area contributed by atoms with Crippen molar-refractivity contribution >= 4 is 54.5 Å². The highest BCUT2D eigenvalue weighted by Crippen LogP contribution is 2.18. The highest BCUT2D eigenvalue weighted by atomic mass is 35.5. The first-order valence-electron chi connectivity index (χ1n) is 3.48. The predicted molar refractivity (Wildman–Crippen MR) is 58.1 cm³/mol. The minimum Gasteiger partial charge on any atom is -0.130 e. The van der Waals surface area contributed by atoms with Crippen LogP contribution in [0.5, 0.6) is 0 Å². The van der Waals surface area contributed by atoms with Gasteiger partial charge in [0.15, 0.2) is 0 Å². The Balaban J connectivity index is 3.84. The van der Waals surface area contributed by atoms with Crippen molar-refractivity contribution in [2.45, 2.75) is 12.5 Å². The van der Waals surface area contributed by atoms with Crippen molar-refractivity contribution in [2.75, 3.05) is 22.4 Å². The normalized spacial score (nSPS) is 12.0. The van der Waals surface area contributed by atoms with Gasteiger partial charge in [0.1, 0.15) is 8.07 Å². The van der Waals surface area contributed by atoms with Crippen LogP contribution in [0.25, 0.3) is 0 Å². The van der Waals surface area contributed by atoms with Crippen LogP contribution >= 0.6 is 46.4 Å². The Labute approximate surface area is 89.2 Å². The molecule has 5 heteroatoms. The Morgan fingerprint density at radius 1 is 0.818 bits per heavy atom. The van der Waals surface area contributed by atoms with Crippen molar-refractivity contribution in [3.05, 3.63) is 0 Å². The van der Waals surface area contributed by atoms with Crippen LogP contribution in [0.1, 0.15) is 6.42 Å². The monoisotopic (exact) mass is 252 g/mol. The fourth-order valence-corrected chi connectivity index (χ4v) is 6.42. The van der Waals surface area contributed by atoms with Gasteiger partial charge in [-0.2, -0.15) is 0 Å². The van der Waals surface area contributed by atoms with Gasteiger partial charge in [0.05, 0.1) is 0 Å². The summed E-state index contributed by atoms with van der Waals surface area (Å²) in [5.74, 6) is 0.680. The van der Waals surface area contributed by atoms with E-state index in [2.05, 4.69) is 0 Å². The molecule has 0 aliphatic rings. The molecule has 0 saturated carbocycles. The van der Waals surface area contributed by atoms with Crippen LogP contribution in [-0.4, -0.2) is 30.5 Å². The molecular formula is C6H12Cl4Si. The third kappa shape index (κ3) is 4.23. The number of halogens is 4. The molecule has 0 aromatic carbocycles. The fraction of sp³-hybridized carbons (Fsp3) is 1.00. The van der Waals surface area contributed by atoms with Crippen molar-refractivity contribution < 1.29 is 0 Å². The van der Waals surface area contributed by atoms with E-state index in [4.69, 9.17) is 46.4 Å². The third-order valence-corrected chi connectivity index (χ3v) is 10.2. The van der Waals surface area contributed by atoms with Gasteiger partial charge in [-0.1, -0.05) is 6.04 Å². The molecule has 0 rings (SSSR count). The molecule has 0 amide bonds. The third-order valence-electron chi connectivity index (χ3n) is 1.69. The first-order chi connectivity index (χ1) is 5.24. The molecule has 68 valence electrons. The van der Waals surface area contributed by atoms with Gasteiger partial charge in [0.2, 0.25) is 0 Å². The van der Waals surface area contributed by atoms with Crippen molar-refractivity contribution in [2.24, 2.45) is 0 Å². The van der Waals surface area contributed by atoms with Crippen LogP contribution in [0.15, 0.2) is 0 Å². The highest BCUT2D eigenvalue weighted by molar-refractivity contribution is 6.93. The van der Waals surface area contributed by atoms with Crippen LogP contribution in [0.3, 0.4) is 0 Å². The van der Waals surface area contributed by atoms with E-state index in [1.165, 1.54) is 0 Å². The van der Waals surface area contributed by atoms with E-state index in [0.717, 1.165) is 12.5 Å². The van der Waals surface area contributed by atoms with Gasteiger partial charge in [-0.05, 0) is 6.42 Å². The molecule has 0 saturated heterocycles. The zero-order chi connectivity index (χ0) is 8.74. The Hall–Kier alpha value is 1.38. The van der Waals surface area contributed by atoms with Gasteiger partial charge in [-0.25, -0.2) is 0 Å². The lowest BCUT2D eigenvalue weighted by Gasteiger charge is -2.23. The molecule has 0 spiro atoms. The molecule has 0 bridgehead atoms. The summed E-state index contributed by atoms with van der Waals surface area (Å²) in [5, 5.41) is 0. The van der Waals surface area contributed by atoms with Gasteiger partial charge in [-0.15, -0.1) is 46.4 Å². The SMILES string of the molecule is ClCCC[Si](CCl)(CCl)CCl. The maximum absolute atomic E-state index is 5.81. The molecular weight excluding hydrogens is 242 g/mol. The maximum Gasteiger partial charge on any atom is 0.101 e. The molecule has 0 aliphatic carbocycles. The smallest absolute Gasteiger partial charge is 0.101 e. The predicted octanol–water partition coefficient (Wildman–Crippen LogP) is 3.40. The average molecular weight is 254 g/mol. The van der Waals surface area contributed by atoms with E-state index >= 15 is 0 Å². The molecule has 0 nitrogen and oxygen atoms in total. The van der Waals surface area contributed by atoms with Crippen LogP contribution in [0.4, 0.5) is 0 Å². The topological polar surface area (TPSA) is 0 Å². The second kappa shape index (κ2) is 6.85. The standard InChI is InChI=1S/C6H12Cl4Si/c7-2-1-3-11(4-8,5-9)6-10/h1-6H2. The second-order valence-electron chi connectivity index (χ2n) is 2.69. The zero-order valence-electron chi connectivity index (χ0n) is 6.25. The van der Waals surface area contributed by atoms with E-state index in [9.17, 15) is 0 Å². The molecule has 0 aromatic rings. The summed E-state index contributed by atoms with van der Waals surface area (Å²) in [6.45, 7) is 0. The number of hydrogen-bond acceptors (Lipinski definition) is 0. The van der Waals surface area contributed by atoms with Crippen molar-refractivity contribution in [1.29, 1.82) is 0 Å². The van der Waals surface area contributed by atoms with Crippen molar-refractivity contribution in [3.8, 4) is 0 Å². The van der Waals surface area contributed by atoms with Crippen LogP contribution in [-0.2, 0) is 0 Å². The molecule has 0 radical (unpaired) electrons. The van der Waals surface area contributed by atoms with Crippen LogP contribution in [0, 0.1) is 0 Å². The number of rotatable bonds is 6. The molecule has 0 heterocycles. The van der Waals surface area contributed by atoms with E-state index in [1.54, 1.807) is 0 Å². The average Bonchev–Trinajstić information content (AvgIpc) is 2.08. The molecule has 0 unspecified atom stereocenters. The molecule has 0 aromatic heterocycles. The van der Waals surface area contributed by atoms with Crippen LogP contribution in [0.2, 0.25) is 6.04 Å². The molecule has 11 heavy (non-hydrogen) atoms. The largest absolute Gasteiger partial charge is 0.130 e. The maximum atomic E-state index is 5.81. The summed E-state index contributed by atoms with van der Waals surface area (Å²) in [5.41, 5.74) is 1.95. The lowest BCUT2D eigenvalue weighted by molar-refractivity contribution is 1.05. The van der Waals surface area contributed by atoms with Crippen molar-refractivity contribution in [3.63, 3.8) is 0 Å². The lowest BCUT2D eigenvalue weighted by atomic mass is 10.6. The summed E-state index contributed by atoms with van der Waals surface area (Å²) in [6.07, 6.45) is 0.986. The van der Waals surface area contributed by atoms with Gasteiger partial charge in [-0.3, -0.25) is 0 Å². The Bertz CT molecular complexity index is 86.3. The molecule has 0 aliphatic heterocycles. The quantitative estimate of drug-likeness (QED) is 0.503. The molecule has 0 N–H and O–H groups in total. The molecule has 0 fully saturated rings. The van der Waals surface area contributed by atoms with E-state index < -0.39 is 8.07 Å². The minimum absolute atomic E-state index is 0.650. The van der Waals surface area contributed by atoms with E-state index in [1.807, 2.05) is 0 Å². The van der Waals surface area contributed by atoms with Crippen LogP contribution < -0.4 is 0 Å². The number of hydrogen-bond donors (Lipinski definition) is 0. The van der Waals surface area contributed by atoms with Gasteiger partial charge in [0, 0.05) is 22.4 Å². The summed E-state index contributed by atoms with van der Waals surface area (Å²) in [4.78, 5) is 0. The molecule has 0 atom stereocenters. The van der Waals surface area contributed by atoms with Gasteiger partial charge < -0.3 is 0 Å². The van der Waals surface area contributed by atoms with E-state index in [-0.39, 0.29) is 0 Å².